The fourth-order valence-corrected chi connectivity index (χ4v) is 3.22. The first-order valence-corrected chi connectivity index (χ1v) is 9.84. The Hall–Kier alpha value is -1.96. The van der Waals surface area contributed by atoms with Crippen molar-refractivity contribution in [2.24, 2.45) is 0 Å². The van der Waals surface area contributed by atoms with Crippen molar-refractivity contribution >= 4 is 11.4 Å². The topological polar surface area (TPSA) is 52.0 Å². The highest BCUT2D eigenvalue weighted by Gasteiger charge is 2.10. The Morgan fingerprint density at radius 1 is 0.462 bits per heavy atom. The minimum Gasteiger partial charge on any atom is -0.398 e. The molecule has 2 nitrogen and oxygen atoms in total. The molecule has 2 aromatic carbocycles. The van der Waals surface area contributed by atoms with Gasteiger partial charge in [-0.2, -0.15) is 0 Å². The molecule has 0 unspecified atom stereocenters. The molecule has 0 bridgehead atoms. The number of rotatable bonds is 4. The Bertz CT molecular complexity index is 583. The van der Waals surface area contributed by atoms with Gasteiger partial charge in [0.2, 0.25) is 0 Å². The van der Waals surface area contributed by atoms with Crippen LogP contribution in [0.4, 0.5) is 11.4 Å². The van der Waals surface area contributed by atoms with Gasteiger partial charge >= 0.3 is 0 Å². The van der Waals surface area contributed by atoms with Gasteiger partial charge in [-0.15, -0.1) is 0 Å². The summed E-state index contributed by atoms with van der Waals surface area (Å²) >= 11 is 0. The molecule has 0 fully saturated rings. The third-order valence-electron chi connectivity index (χ3n) is 4.84. The van der Waals surface area contributed by atoms with E-state index in [9.17, 15) is 0 Å². The van der Waals surface area contributed by atoms with Crippen LogP contribution in [0.1, 0.15) is 101 Å². The minimum atomic E-state index is 0.513. The fraction of sp³-hybridized carbons (Fsp3) is 0.500. The number of anilines is 2. The van der Waals surface area contributed by atoms with Gasteiger partial charge in [-0.05, 0) is 45.9 Å². The molecule has 2 heteroatoms. The summed E-state index contributed by atoms with van der Waals surface area (Å²) in [6, 6.07) is 12.7. The zero-order chi connectivity index (χ0) is 20.0. The summed E-state index contributed by atoms with van der Waals surface area (Å²) in [5.41, 5.74) is 19.2. The lowest BCUT2D eigenvalue weighted by atomic mass is 9.93. The summed E-state index contributed by atoms with van der Waals surface area (Å²) < 4.78 is 0. The van der Waals surface area contributed by atoms with E-state index in [0.29, 0.717) is 23.7 Å². The van der Waals surface area contributed by atoms with E-state index >= 15 is 0 Å². The van der Waals surface area contributed by atoms with Crippen molar-refractivity contribution in [1.29, 1.82) is 0 Å². The first kappa shape index (κ1) is 22.1. The molecule has 144 valence electrons. The van der Waals surface area contributed by atoms with Crippen molar-refractivity contribution in [2.45, 2.75) is 79.1 Å². The van der Waals surface area contributed by atoms with Crippen LogP contribution in [-0.2, 0) is 0 Å². The number of para-hydroxylation sites is 2. The first-order chi connectivity index (χ1) is 12.1. The zero-order valence-electron chi connectivity index (χ0n) is 17.9. The largest absolute Gasteiger partial charge is 0.398 e. The lowest BCUT2D eigenvalue weighted by Crippen LogP contribution is -2.02. The number of hydrogen-bond acceptors (Lipinski definition) is 2. The van der Waals surface area contributed by atoms with Crippen molar-refractivity contribution in [3.8, 4) is 0 Å². The predicted octanol–water partition coefficient (Wildman–Crippen LogP) is 7.03. The normalized spacial score (nSPS) is 11.2. The van der Waals surface area contributed by atoms with Gasteiger partial charge in [0.25, 0.3) is 0 Å². The summed E-state index contributed by atoms with van der Waals surface area (Å²) in [4.78, 5) is 0. The number of nitrogens with two attached hydrogens (primary N) is 2. The van der Waals surface area contributed by atoms with Crippen molar-refractivity contribution in [3.63, 3.8) is 0 Å². The maximum absolute atomic E-state index is 6.09. The zero-order valence-corrected chi connectivity index (χ0v) is 17.9. The molecule has 0 saturated carbocycles. The third-order valence-corrected chi connectivity index (χ3v) is 4.84. The van der Waals surface area contributed by atoms with Gasteiger partial charge in [0.05, 0.1) is 0 Å². The van der Waals surface area contributed by atoms with Crippen LogP contribution in [0.3, 0.4) is 0 Å². The van der Waals surface area contributed by atoms with Crippen LogP contribution in [0.5, 0.6) is 0 Å². The standard InChI is InChI=1S/2C12H19N/c2*1-8(2)10-6-5-7-11(9(3)4)12(10)13/h2*5-9H,13H2,1-4H3. The Kier molecular flexibility index (Phi) is 8.20. The molecule has 0 aromatic heterocycles. The van der Waals surface area contributed by atoms with Crippen LogP contribution in [0, 0.1) is 0 Å². The van der Waals surface area contributed by atoms with Gasteiger partial charge in [-0.25, -0.2) is 0 Å². The fourth-order valence-electron chi connectivity index (χ4n) is 3.22. The number of hydrogen-bond donors (Lipinski definition) is 2. The lowest BCUT2D eigenvalue weighted by molar-refractivity contribution is 0.839. The lowest BCUT2D eigenvalue weighted by Gasteiger charge is -2.15. The quantitative estimate of drug-likeness (QED) is 0.579. The number of nitrogen functional groups attached to an aromatic ring is 2. The molecule has 0 heterocycles. The van der Waals surface area contributed by atoms with Crippen LogP contribution in [-0.4, -0.2) is 0 Å². The Morgan fingerprint density at radius 3 is 0.808 bits per heavy atom. The average Bonchev–Trinajstić information content (AvgIpc) is 2.54. The van der Waals surface area contributed by atoms with Crippen LogP contribution >= 0.6 is 0 Å². The maximum Gasteiger partial charge on any atom is 0.0384 e. The van der Waals surface area contributed by atoms with E-state index in [1.165, 1.54) is 22.3 Å². The van der Waals surface area contributed by atoms with E-state index in [1.54, 1.807) is 0 Å². The predicted molar refractivity (Wildman–Crippen MR) is 118 cm³/mol. The van der Waals surface area contributed by atoms with E-state index in [4.69, 9.17) is 11.5 Å². The Balaban J connectivity index is 0.000000260. The summed E-state index contributed by atoms with van der Waals surface area (Å²) in [5.74, 6) is 2.05. The molecule has 0 saturated heterocycles. The molecule has 2 rings (SSSR count). The molecule has 2 aromatic rings. The molecule has 4 N–H and O–H groups in total. The third kappa shape index (κ3) is 5.52. The highest BCUT2D eigenvalue weighted by atomic mass is 14.6. The molecule has 0 aliphatic carbocycles. The Morgan fingerprint density at radius 2 is 0.654 bits per heavy atom. The smallest absolute Gasteiger partial charge is 0.0384 e. The number of benzene rings is 2. The van der Waals surface area contributed by atoms with Crippen LogP contribution in [0.15, 0.2) is 36.4 Å². The van der Waals surface area contributed by atoms with E-state index in [0.717, 1.165) is 11.4 Å². The van der Waals surface area contributed by atoms with Crippen molar-refractivity contribution < 1.29 is 0 Å². The highest BCUT2D eigenvalue weighted by Crippen LogP contribution is 2.30. The minimum absolute atomic E-state index is 0.513. The molecule has 0 radical (unpaired) electrons. The molecule has 0 aliphatic heterocycles. The molecule has 0 aliphatic rings. The SMILES string of the molecule is CC(C)c1cccc(C(C)C)c1N.CC(C)c1cccc(C(C)C)c1N. The van der Waals surface area contributed by atoms with Gasteiger partial charge in [-0.3, -0.25) is 0 Å². The second kappa shape index (κ2) is 9.66. The first-order valence-electron chi connectivity index (χ1n) is 9.84. The summed E-state index contributed by atoms with van der Waals surface area (Å²) in [6.07, 6.45) is 0. The van der Waals surface area contributed by atoms with E-state index in [-0.39, 0.29) is 0 Å². The van der Waals surface area contributed by atoms with Gasteiger partial charge in [0.15, 0.2) is 0 Å². The summed E-state index contributed by atoms with van der Waals surface area (Å²) in [6.45, 7) is 17.4. The maximum atomic E-state index is 6.09. The van der Waals surface area contributed by atoms with Gasteiger partial charge in [-0.1, -0.05) is 91.8 Å². The second-order valence-electron chi connectivity index (χ2n) is 8.32. The van der Waals surface area contributed by atoms with Crippen molar-refractivity contribution in [2.75, 3.05) is 11.5 Å². The van der Waals surface area contributed by atoms with Crippen LogP contribution < -0.4 is 11.5 Å². The van der Waals surface area contributed by atoms with Crippen LogP contribution in [0.2, 0.25) is 0 Å². The molecule has 26 heavy (non-hydrogen) atoms. The van der Waals surface area contributed by atoms with E-state index in [2.05, 4.69) is 91.8 Å². The van der Waals surface area contributed by atoms with Gasteiger partial charge in [0.1, 0.15) is 0 Å². The molecule has 0 spiro atoms. The molecular formula is C24H38N2. The van der Waals surface area contributed by atoms with Crippen molar-refractivity contribution in [1.82, 2.24) is 0 Å². The summed E-state index contributed by atoms with van der Waals surface area (Å²) in [7, 11) is 0. The van der Waals surface area contributed by atoms with E-state index in [1.807, 2.05) is 0 Å². The Labute approximate surface area is 161 Å². The monoisotopic (exact) mass is 354 g/mol. The molecule has 0 amide bonds. The van der Waals surface area contributed by atoms with Crippen LogP contribution in [0.25, 0.3) is 0 Å². The van der Waals surface area contributed by atoms with E-state index < -0.39 is 0 Å². The van der Waals surface area contributed by atoms with Gasteiger partial charge < -0.3 is 11.5 Å². The van der Waals surface area contributed by atoms with Crippen molar-refractivity contribution in [3.05, 3.63) is 58.7 Å². The second-order valence-corrected chi connectivity index (χ2v) is 8.32. The average molecular weight is 355 g/mol. The molecular weight excluding hydrogens is 316 g/mol. The highest BCUT2D eigenvalue weighted by molar-refractivity contribution is 5.57. The molecule has 0 atom stereocenters. The summed E-state index contributed by atoms with van der Waals surface area (Å²) in [5, 5.41) is 0. The van der Waals surface area contributed by atoms with Gasteiger partial charge in [0, 0.05) is 11.4 Å².